The van der Waals surface area contributed by atoms with E-state index in [2.05, 4.69) is 22.4 Å². The zero-order chi connectivity index (χ0) is 19.8. The Morgan fingerprint density at radius 2 is 1.89 bits per heavy atom. The molecular formula is C23H26ClN3O. The third-order valence-electron chi connectivity index (χ3n) is 4.44. The van der Waals surface area contributed by atoms with Crippen LogP contribution in [0, 0.1) is 6.92 Å². The van der Waals surface area contributed by atoms with Gasteiger partial charge in [0.15, 0.2) is 0 Å². The highest BCUT2D eigenvalue weighted by atomic mass is 35.5. The molecule has 0 spiro atoms. The normalized spacial score (nSPS) is 11.2. The molecular weight excluding hydrogens is 370 g/mol. The summed E-state index contributed by atoms with van der Waals surface area (Å²) in [6, 6.07) is 15.6. The Morgan fingerprint density at radius 1 is 1.07 bits per heavy atom. The summed E-state index contributed by atoms with van der Waals surface area (Å²) in [7, 11) is 0. The largest absolute Gasteiger partial charge is 0.494 e. The molecule has 0 aliphatic carbocycles. The summed E-state index contributed by atoms with van der Waals surface area (Å²) in [5.41, 5.74) is 6.81. The number of hydrazone groups is 1. The highest BCUT2D eigenvalue weighted by molar-refractivity contribution is 6.31. The van der Waals surface area contributed by atoms with Crippen LogP contribution in [0.3, 0.4) is 0 Å². The van der Waals surface area contributed by atoms with Gasteiger partial charge in [0.25, 0.3) is 0 Å². The molecule has 0 radical (unpaired) electrons. The first kappa shape index (κ1) is 20.2. The number of ether oxygens (including phenoxy) is 1. The zero-order valence-corrected chi connectivity index (χ0v) is 17.2. The van der Waals surface area contributed by atoms with Gasteiger partial charge in [0.05, 0.1) is 24.0 Å². The fourth-order valence-corrected chi connectivity index (χ4v) is 3.14. The first-order valence-corrected chi connectivity index (χ1v) is 10.1. The van der Waals surface area contributed by atoms with Gasteiger partial charge in [-0.15, -0.1) is 0 Å². The van der Waals surface area contributed by atoms with Crippen LogP contribution in [0.4, 0.5) is 5.69 Å². The Morgan fingerprint density at radius 3 is 2.68 bits per heavy atom. The average molecular weight is 396 g/mol. The molecule has 0 bridgehead atoms. The third kappa shape index (κ3) is 5.70. The van der Waals surface area contributed by atoms with Gasteiger partial charge in [0, 0.05) is 16.1 Å². The summed E-state index contributed by atoms with van der Waals surface area (Å²) < 4.78 is 5.77. The van der Waals surface area contributed by atoms with E-state index in [0.717, 1.165) is 46.6 Å². The summed E-state index contributed by atoms with van der Waals surface area (Å²) in [5.74, 6) is 0.895. The van der Waals surface area contributed by atoms with E-state index in [0.29, 0.717) is 5.02 Å². The number of halogens is 1. The lowest BCUT2D eigenvalue weighted by Gasteiger charge is -2.08. The molecule has 0 fully saturated rings. The lowest BCUT2D eigenvalue weighted by Crippen LogP contribution is -1.97. The Bertz CT molecular complexity index is 938. The van der Waals surface area contributed by atoms with Crippen molar-refractivity contribution in [3.8, 4) is 5.75 Å². The fraction of sp³-hybridized carbons (Fsp3) is 0.304. The molecule has 0 unspecified atom stereocenters. The van der Waals surface area contributed by atoms with Crippen molar-refractivity contribution < 1.29 is 4.74 Å². The van der Waals surface area contributed by atoms with Crippen LogP contribution in [0.1, 0.15) is 43.9 Å². The number of rotatable bonds is 9. The molecule has 5 heteroatoms. The van der Waals surface area contributed by atoms with Gasteiger partial charge in [-0.25, -0.2) is 0 Å². The van der Waals surface area contributed by atoms with Crippen LogP contribution in [0.15, 0.2) is 53.6 Å². The molecule has 0 amide bonds. The van der Waals surface area contributed by atoms with E-state index < -0.39 is 0 Å². The second-order valence-electron chi connectivity index (χ2n) is 6.82. The molecule has 0 aliphatic rings. The minimum atomic E-state index is 0.676. The molecule has 146 valence electrons. The molecule has 28 heavy (non-hydrogen) atoms. The molecule has 0 saturated carbocycles. The van der Waals surface area contributed by atoms with Crippen molar-refractivity contribution in [2.75, 3.05) is 12.0 Å². The number of anilines is 1. The van der Waals surface area contributed by atoms with Crippen molar-refractivity contribution in [2.45, 2.75) is 39.5 Å². The maximum Gasteiger partial charge on any atom is 0.119 e. The molecule has 3 aromatic rings. The quantitative estimate of drug-likeness (QED) is 0.252. The van der Waals surface area contributed by atoms with E-state index in [1.54, 1.807) is 6.21 Å². The second kappa shape index (κ2) is 10.1. The predicted octanol–water partition coefficient (Wildman–Crippen LogP) is 6.60. The van der Waals surface area contributed by atoms with Crippen molar-refractivity contribution in [1.82, 2.24) is 4.98 Å². The minimum Gasteiger partial charge on any atom is -0.494 e. The van der Waals surface area contributed by atoms with Gasteiger partial charge >= 0.3 is 0 Å². The van der Waals surface area contributed by atoms with Gasteiger partial charge in [0.1, 0.15) is 5.75 Å². The van der Waals surface area contributed by atoms with Crippen LogP contribution >= 0.6 is 11.6 Å². The Hall–Kier alpha value is -2.59. The first-order valence-electron chi connectivity index (χ1n) is 9.74. The van der Waals surface area contributed by atoms with E-state index in [1.807, 2.05) is 55.5 Å². The molecule has 1 aromatic heterocycles. The maximum absolute atomic E-state index is 6.13. The lowest BCUT2D eigenvalue weighted by molar-refractivity contribution is 0.305. The Balaban J connectivity index is 1.60. The average Bonchev–Trinajstić information content (AvgIpc) is 2.69. The lowest BCUT2D eigenvalue weighted by atomic mass is 10.1. The van der Waals surface area contributed by atoms with Gasteiger partial charge in [-0.2, -0.15) is 5.10 Å². The van der Waals surface area contributed by atoms with Crippen molar-refractivity contribution >= 4 is 34.4 Å². The van der Waals surface area contributed by atoms with Crippen LogP contribution in [0.25, 0.3) is 10.9 Å². The van der Waals surface area contributed by atoms with Crippen molar-refractivity contribution in [2.24, 2.45) is 5.10 Å². The number of fused-ring (bicyclic) bond motifs is 1. The molecule has 1 heterocycles. The highest BCUT2D eigenvalue weighted by Gasteiger charge is 2.04. The maximum atomic E-state index is 6.13. The molecule has 4 nitrogen and oxygen atoms in total. The number of hydrogen-bond donors (Lipinski definition) is 1. The van der Waals surface area contributed by atoms with Gasteiger partial charge in [-0.1, -0.05) is 37.8 Å². The number of hydrogen-bond acceptors (Lipinski definition) is 4. The smallest absolute Gasteiger partial charge is 0.119 e. The molecule has 0 saturated heterocycles. The number of aryl methyl sites for hydroxylation is 1. The highest BCUT2D eigenvalue weighted by Crippen LogP contribution is 2.26. The SMILES string of the molecule is CCCCCCOc1ccc(/C=N/Nc2cc(C)nc3ccc(Cl)cc23)cc1. The fourth-order valence-electron chi connectivity index (χ4n) is 2.97. The third-order valence-corrected chi connectivity index (χ3v) is 4.68. The monoisotopic (exact) mass is 395 g/mol. The molecule has 2 aromatic carbocycles. The molecule has 3 rings (SSSR count). The van der Waals surface area contributed by atoms with Crippen molar-refractivity contribution in [3.63, 3.8) is 0 Å². The van der Waals surface area contributed by atoms with Crippen LogP contribution in [-0.4, -0.2) is 17.8 Å². The van der Waals surface area contributed by atoms with Crippen LogP contribution in [0.2, 0.25) is 5.02 Å². The number of benzene rings is 2. The van der Waals surface area contributed by atoms with E-state index in [-0.39, 0.29) is 0 Å². The number of unbranched alkanes of at least 4 members (excludes halogenated alkanes) is 3. The van der Waals surface area contributed by atoms with Crippen LogP contribution in [0.5, 0.6) is 5.75 Å². The van der Waals surface area contributed by atoms with Gasteiger partial charge < -0.3 is 4.74 Å². The number of aromatic nitrogens is 1. The number of nitrogens with one attached hydrogen (secondary N) is 1. The van der Waals surface area contributed by atoms with Gasteiger partial charge in [0.2, 0.25) is 0 Å². The van der Waals surface area contributed by atoms with E-state index in [9.17, 15) is 0 Å². The first-order chi connectivity index (χ1) is 13.7. The second-order valence-corrected chi connectivity index (χ2v) is 7.26. The van der Waals surface area contributed by atoms with E-state index in [4.69, 9.17) is 16.3 Å². The van der Waals surface area contributed by atoms with Crippen molar-refractivity contribution in [1.29, 1.82) is 0 Å². The standard InChI is InChI=1S/C23H26ClN3O/c1-3-4-5-6-13-28-20-10-7-18(8-11-20)16-25-27-23-14-17(2)26-22-12-9-19(24)15-21(22)23/h7-12,14-16H,3-6,13H2,1-2H3,(H,26,27)/b25-16+. The van der Waals surface area contributed by atoms with Gasteiger partial charge in [-0.05, 0) is 67.4 Å². The summed E-state index contributed by atoms with van der Waals surface area (Å²) in [6.45, 7) is 4.94. The molecule has 0 aliphatic heterocycles. The molecule has 0 atom stereocenters. The zero-order valence-electron chi connectivity index (χ0n) is 16.4. The number of pyridine rings is 1. The Labute approximate surface area is 171 Å². The van der Waals surface area contributed by atoms with Crippen molar-refractivity contribution in [3.05, 3.63) is 64.8 Å². The molecule has 1 N–H and O–H groups in total. The summed E-state index contributed by atoms with van der Waals surface area (Å²) in [4.78, 5) is 4.53. The predicted molar refractivity (Wildman–Crippen MR) is 119 cm³/mol. The summed E-state index contributed by atoms with van der Waals surface area (Å²) >= 11 is 6.13. The Kier molecular flexibility index (Phi) is 7.26. The topological polar surface area (TPSA) is 46.5 Å². The summed E-state index contributed by atoms with van der Waals surface area (Å²) in [5, 5.41) is 5.99. The van der Waals surface area contributed by atoms with Gasteiger partial charge in [-0.3, -0.25) is 10.4 Å². The van der Waals surface area contributed by atoms with E-state index >= 15 is 0 Å². The number of nitrogens with zero attached hydrogens (tertiary/aromatic N) is 2. The summed E-state index contributed by atoms with van der Waals surface area (Å²) in [6.07, 6.45) is 6.62. The minimum absolute atomic E-state index is 0.676. The van der Waals surface area contributed by atoms with E-state index in [1.165, 1.54) is 19.3 Å². The van der Waals surface area contributed by atoms with Crippen LogP contribution in [-0.2, 0) is 0 Å². The van der Waals surface area contributed by atoms with Crippen LogP contribution < -0.4 is 10.2 Å².